The summed E-state index contributed by atoms with van der Waals surface area (Å²) in [5.74, 6) is 0.489. The zero-order chi connectivity index (χ0) is 18.9. The highest BCUT2D eigenvalue weighted by atomic mass is 16.5. The standard InChI is InChI=1S/C21H23NO4/c1-5-21(6-2,15-8-9-17(23)13(3)11-15)20-22-16-12-14(19(24)25-4)7-10-18(16)26-20/h7-12,23H,5-6H2,1-4H3. The topological polar surface area (TPSA) is 72.6 Å². The van der Waals surface area contributed by atoms with Crippen molar-refractivity contribution in [1.29, 1.82) is 0 Å². The van der Waals surface area contributed by atoms with Crippen LogP contribution < -0.4 is 0 Å². The smallest absolute Gasteiger partial charge is 0.337 e. The van der Waals surface area contributed by atoms with Gasteiger partial charge in [-0.1, -0.05) is 26.0 Å². The van der Waals surface area contributed by atoms with E-state index >= 15 is 0 Å². The van der Waals surface area contributed by atoms with Crippen LogP contribution in [0.25, 0.3) is 11.1 Å². The number of methoxy groups -OCH3 is 1. The average Bonchev–Trinajstić information content (AvgIpc) is 3.08. The summed E-state index contributed by atoms with van der Waals surface area (Å²) in [4.78, 5) is 16.5. The number of esters is 1. The molecule has 1 aromatic heterocycles. The van der Waals surface area contributed by atoms with Crippen molar-refractivity contribution in [3.8, 4) is 5.75 Å². The van der Waals surface area contributed by atoms with E-state index in [1.54, 1.807) is 24.3 Å². The van der Waals surface area contributed by atoms with E-state index in [-0.39, 0.29) is 5.75 Å². The summed E-state index contributed by atoms with van der Waals surface area (Å²) in [5.41, 5.74) is 3.18. The maximum atomic E-state index is 11.8. The third-order valence-corrected chi connectivity index (χ3v) is 5.17. The van der Waals surface area contributed by atoms with Crippen molar-refractivity contribution in [2.45, 2.75) is 39.0 Å². The summed E-state index contributed by atoms with van der Waals surface area (Å²) in [6.07, 6.45) is 1.59. The van der Waals surface area contributed by atoms with Crippen molar-refractivity contribution in [2.75, 3.05) is 7.11 Å². The lowest BCUT2D eigenvalue weighted by Crippen LogP contribution is -2.26. The number of oxazole rings is 1. The quantitative estimate of drug-likeness (QED) is 0.671. The van der Waals surface area contributed by atoms with Crippen LogP contribution in [0.4, 0.5) is 0 Å². The number of phenols is 1. The SMILES string of the molecule is CCC(CC)(c1ccc(O)c(C)c1)c1nc2cc(C(=O)OC)ccc2o1. The lowest BCUT2D eigenvalue weighted by atomic mass is 9.75. The number of aromatic nitrogens is 1. The molecule has 0 atom stereocenters. The number of ether oxygens (including phenoxy) is 1. The second-order valence-corrected chi connectivity index (χ2v) is 6.48. The fourth-order valence-corrected chi connectivity index (χ4v) is 3.41. The van der Waals surface area contributed by atoms with Crippen LogP contribution in [-0.2, 0) is 10.2 Å². The predicted octanol–water partition coefficient (Wildman–Crippen LogP) is 4.73. The molecule has 0 fully saturated rings. The molecular weight excluding hydrogens is 330 g/mol. The van der Waals surface area contributed by atoms with E-state index in [0.717, 1.165) is 24.0 Å². The minimum absolute atomic E-state index is 0.273. The van der Waals surface area contributed by atoms with Gasteiger partial charge in [-0.3, -0.25) is 0 Å². The molecular formula is C21H23NO4. The molecule has 0 saturated carbocycles. The zero-order valence-electron chi connectivity index (χ0n) is 15.5. The van der Waals surface area contributed by atoms with Crippen molar-refractivity contribution >= 4 is 17.1 Å². The van der Waals surface area contributed by atoms with Crippen molar-refractivity contribution < 1.29 is 19.1 Å². The molecule has 0 bridgehead atoms. The number of carbonyl (C=O) groups excluding carboxylic acids is 1. The van der Waals surface area contributed by atoms with Gasteiger partial charge in [0.25, 0.3) is 0 Å². The molecule has 2 aromatic carbocycles. The number of aromatic hydroxyl groups is 1. The number of hydrogen-bond acceptors (Lipinski definition) is 5. The van der Waals surface area contributed by atoms with E-state index in [1.807, 2.05) is 19.1 Å². The summed E-state index contributed by atoms with van der Waals surface area (Å²) in [6, 6.07) is 10.7. The van der Waals surface area contributed by atoms with Gasteiger partial charge in [-0.2, -0.15) is 0 Å². The first-order valence-corrected chi connectivity index (χ1v) is 8.74. The van der Waals surface area contributed by atoms with E-state index in [2.05, 4.69) is 13.8 Å². The van der Waals surface area contributed by atoms with E-state index in [4.69, 9.17) is 14.1 Å². The number of benzene rings is 2. The third kappa shape index (κ3) is 2.83. The van der Waals surface area contributed by atoms with E-state index in [9.17, 15) is 9.90 Å². The Bertz CT molecular complexity index is 954. The summed E-state index contributed by atoms with van der Waals surface area (Å²) < 4.78 is 10.9. The van der Waals surface area contributed by atoms with Crippen molar-refractivity contribution in [3.05, 3.63) is 59.0 Å². The number of fused-ring (bicyclic) bond motifs is 1. The van der Waals surface area contributed by atoms with E-state index in [0.29, 0.717) is 22.6 Å². The Hall–Kier alpha value is -2.82. The molecule has 0 spiro atoms. The van der Waals surface area contributed by atoms with Crippen LogP contribution in [-0.4, -0.2) is 23.2 Å². The summed E-state index contributed by atoms with van der Waals surface area (Å²) in [7, 11) is 1.35. The first kappa shape index (κ1) is 18.0. The highest BCUT2D eigenvalue weighted by Crippen LogP contribution is 2.40. The maximum Gasteiger partial charge on any atom is 0.337 e. The van der Waals surface area contributed by atoms with Gasteiger partial charge in [0.2, 0.25) is 5.89 Å². The number of rotatable bonds is 5. The maximum absolute atomic E-state index is 11.8. The molecule has 0 aliphatic rings. The normalized spacial score (nSPS) is 11.7. The van der Waals surface area contributed by atoms with Crippen LogP contribution in [0, 0.1) is 6.92 Å². The molecule has 0 unspecified atom stereocenters. The van der Waals surface area contributed by atoms with Crippen LogP contribution >= 0.6 is 0 Å². The molecule has 136 valence electrons. The fraction of sp³-hybridized carbons (Fsp3) is 0.333. The Morgan fingerprint density at radius 1 is 1.19 bits per heavy atom. The molecule has 5 nitrogen and oxygen atoms in total. The van der Waals surface area contributed by atoms with Crippen molar-refractivity contribution in [2.24, 2.45) is 0 Å². The minimum Gasteiger partial charge on any atom is -0.508 e. The minimum atomic E-state index is -0.400. The molecule has 0 radical (unpaired) electrons. The zero-order valence-corrected chi connectivity index (χ0v) is 15.5. The van der Waals surface area contributed by atoms with Crippen molar-refractivity contribution in [1.82, 2.24) is 4.98 Å². The Kier molecular flexibility index (Phi) is 4.72. The molecule has 3 aromatic rings. The highest BCUT2D eigenvalue weighted by molar-refractivity contribution is 5.93. The molecule has 5 heteroatoms. The second-order valence-electron chi connectivity index (χ2n) is 6.48. The highest BCUT2D eigenvalue weighted by Gasteiger charge is 2.36. The van der Waals surface area contributed by atoms with Gasteiger partial charge in [0, 0.05) is 0 Å². The predicted molar refractivity (Wildman–Crippen MR) is 99.6 cm³/mol. The van der Waals surface area contributed by atoms with Gasteiger partial charge in [0.15, 0.2) is 5.58 Å². The van der Waals surface area contributed by atoms with Gasteiger partial charge >= 0.3 is 5.97 Å². The monoisotopic (exact) mass is 353 g/mol. The Morgan fingerprint density at radius 2 is 1.92 bits per heavy atom. The largest absolute Gasteiger partial charge is 0.508 e. The fourth-order valence-electron chi connectivity index (χ4n) is 3.41. The third-order valence-electron chi connectivity index (χ3n) is 5.17. The molecule has 3 rings (SSSR count). The molecule has 0 saturated heterocycles. The molecule has 0 aliphatic carbocycles. The van der Waals surface area contributed by atoms with Gasteiger partial charge in [-0.15, -0.1) is 0 Å². The van der Waals surface area contributed by atoms with E-state index < -0.39 is 11.4 Å². The molecule has 0 amide bonds. The lowest BCUT2D eigenvalue weighted by molar-refractivity contribution is 0.0601. The van der Waals surface area contributed by atoms with Gasteiger partial charge in [0.1, 0.15) is 11.3 Å². The van der Waals surface area contributed by atoms with Crippen LogP contribution in [0.15, 0.2) is 40.8 Å². The number of carbonyl (C=O) groups is 1. The van der Waals surface area contributed by atoms with Crippen molar-refractivity contribution in [3.63, 3.8) is 0 Å². The van der Waals surface area contributed by atoms with Crippen LogP contribution in [0.3, 0.4) is 0 Å². The number of nitrogens with zero attached hydrogens (tertiary/aromatic N) is 1. The summed E-state index contributed by atoms with van der Waals surface area (Å²) in [5, 5.41) is 9.86. The van der Waals surface area contributed by atoms with Crippen LogP contribution in [0.1, 0.15) is 54.1 Å². The average molecular weight is 353 g/mol. The number of hydrogen-bond donors (Lipinski definition) is 1. The second kappa shape index (κ2) is 6.83. The summed E-state index contributed by atoms with van der Waals surface area (Å²) >= 11 is 0. The molecule has 0 aliphatic heterocycles. The van der Waals surface area contributed by atoms with Gasteiger partial charge in [-0.05, 0) is 55.2 Å². The lowest BCUT2D eigenvalue weighted by Gasteiger charge is -2.29. The van der Waals surface area contributed by atoms with Crippen LogP contribution in [0.5, 0.6) is 5.75 Å². The number of phenolic OH excluding ortho intramolecular Hbond substituents is 1. The van der Waals surface area contributed by atoms with Gasteiger partial charge < -0.3 is 14.3 Å². The van der Waals surface area contributed by atoms with Gasteiger partial charge in [0.05, 0.1) is 18.1 Å². The Morgan fingerprint density at radius 3 is 2.54 bits per heavy atom. The molecule has 1 N–H and O–H groups in total. The first-order chi connectivity index (χ1) is 12.4. The number of aryl methyl sites for hydroxylation is 1. The van der Waals surface area contributed by atoms with Crippen LogP contribution in [0.2, 0.25) is 0 Å². The van der Waals surface area contributed by atoms with E-state index in [1.165, 1.54) is 7.11 Å². The molecule has 26 heavy (non-hydrogen) atoms. The first-order valence-electron chi connectivity index (χ1n) is 8.74. The van der Waals surface area contributed by atoms with Gasteiger partial charge in [-0.25, -0.2) is 9.78 Å². The summed E-state index contributed by atoms with van der Waals surface area (Å²) in [6.45, 7) is 6.07. The Balaban J connectivity index is 2.15. The Labute approximate surface area is 152 Å². The molecule has 1 heterocycles.